The molecule has 3 nitrogen and oxygen atoms in total. The van der Waals surface area contributed by atoms with Crippen molar-refractivity contribution in [2.24, 2.45) is 11.8 Å². The number of hydrogen-bond acceptors (Lipinski definition) is 2. The molecule has 120 valence electrons. The van der Waals surface area contributed by atoms with Crippen LogP contribution in [0.1, 0.15) is 38.5 Å². The van der Waals surface area contributed by atoms with Crippen LogP contribution in [-0.2, 0) is 4.79 Å². The summed E-state index contributed by atoms with van der Waals surface area (Å²) in [5.74, 6) is 1.44. The van der Waals surface area contributed by atoms with Crippen LogP contribution in [0.25, 0.3) is 0 Å². The number of halogens is 1. The molecule has 1 aromatic carbocycles. The highest BCUT2D eigenvalue weighted by Crippen LogP contribution is 2.28. The lowest BCUT2D eigenvalue weighted by Crippen LogP contribution is -2.31. The molecule has 1 aliphatic carbocycles. The molecule has 3 rings (SSSR count). The van der Waals surface area contributed by atoms with Crippen LogP contribution in [0.15, 0.2) is 24.3 Å². The van der Waals surface area contributed by atoms with Gasteiger partial charge in [0.1, 0.15) is 0 Å². The van der Waals surface area contributed by atoms with Gasteiger partial charge in [-0.2, -0.15) is 0 Å². The van der Waals surface area contributed by atoms with Crippen molar-refractivity contribution in [3.05, 3.63) is 29.3 Å². The predicted octanol–water partition coefficient (Wildman–Crippen LogP) is 3.86. The molecule has 1 saturated carbocycles. The lowest BCUT2D eigenvalue weighted by molar-refractivity contribution is -0.122. The highest BCUT2D eigenvalue weighted by atomic mass is 35.5. The van der Waals surface area contributed by atoms with Crippen LogP contribution in [0.2, 0.25) is 5.02 Å². The summed E-state index contributed by atoms with van der Waals surface area (Å²) < 4.78 is 0. The molecule has 1 aromatic rings. The zero-order chi connectivity index (χ0) is 15.4. The summed E-state index contributed by atoms with van der Waals surface area (Å²) >= 11 is 5.94. The van der Waals surface area contributed by atoms with Gasteiger partial charge in [-0.25, -0.2) is 0 Å². The number of nitrogens with zero attached hydrogens (tertiary/aromatic N) is 1. The summed E-state index contributed by atoms with van der Waals surface area (Å²) in [7, 11) is 0. The number of carbonyl (C=O) groups excluding carboxylic acids is 1. The van der Waals surface area contributed by atoms with E-state index < -0.39 is 0 Å². The Kier molecular flexibility index (Phi) is 5.24. The molecule has 1 heterocycles. The van der Waals surface area contributed by atoms with Gasteiger partial charge in [0, 0.05) is 36.8 Å². The number of benzene rings is 1. The first-order valence-electron chi connectivity index (χ1n) is 8.48. The molecule has 1 atom stereocenters. The van der Waals surface area contributed by atoms with Gasteiger partial charge in [0.05, 0.1) is 0 Å². The van der Waals surface area contributed by atoms with E-state index in [2.05, 4.69) is 22.3 Å². The Morgan fingerprint density at radius 3 is 2.59 bits per heavy atom. The van der Waals surface area contributed by atoms with Crippen molar-refractivity contribution in [3.63, 3.8) is 0 Å². The standard InChI is InChI=1S/C18H25ClN2O/c19-16-5-7-17(8-6-16)21-10-9-15(13-21)12-20-18(22)11-14-3-1-2-4-14/h5-8,14-15H,1-4,9-13H2,(H,20,22). The number of anilines is 1. The molecule has 1 amide bonds. The average molecular weight is 321 g/mol. The van der Waals surface area contributed by atoms with Gasteiger partial charge in [0.15, 0.2) is 0 Å². The summed E-state index contributed by atoms with van der Waals surface area (Å²) in [6, 6.07) is 8.02. The molecule has 22 heavy (non-hydrogen) atoms. The molecule has 1 aliphatic heterocycles. The summed E-state index contributed by atoms with van der Waals surface area (Å²) in [4.78, 5) is 14.4. The quantitative estimate of drug-likeness (QED) is 0.893. The van der Waals surface area contributed by atoms with Crippen molar-refractivity contribution in [1.29, 1.82) is 0 Å². The minimum absolute atomic E-state index is 0.247. The van der Waals surface area contributed by atoms with Gasteiger partial charge in [0.2, 0.25) is 5.91 Å². The van der Waals surface area contributed by atoms with E-state index in [0.29, 0.717) is 11.8 Å². The lowest BCUT2D eigenvalue weighted by atomic mass is 10.0. The molecule has 0 bridgehead atoms. The van der Waals surface area contributed by atoms with E-state index >= 15 is 0 Å². The molecule has 2 aliphatic rings. The number of amides is 1. The Labute approximate surface area is 138 Å². The molecule has 1 unspecified atom stereocenters. The van der Waals surface area contributed by atoms with Crippen LogP contribution in [-0.4, -0.2) is 25.5 Å². The van der Waals surface area contributed by atoms with Gasteiger partial charge >= 0.3 is 0 Å². The molecule has 1 saturated heterocycles. The van der Waals surface area contributed by atoms with E-state index in [9.17, 15) is 4.79 Å². The summed E-state index contributed by atoms with van der Waals surface area (Å²) in [6.07, 6.45) is 6.95. The Balaban J connectivity index is 1.41. The van der Waals surface area contributed by atoms with Crippen molar-refractivity contribution in [2.75, 3.05) is 24.5 Å². The van der Waals surface area contributed by atoms with Crippen LogP contribution in [0.3, 0.4) is 0 Å². The second-order valence-corrected chi connectivity index (χ2v) is 7.17. The molecule has 0 aromatic heterocycles. The zero-order valence-electron chi connectivity index (χ0n) is 13.1. The first-order chi connectivity index (χ1) is 10.7. The topological polar surface area (TPSA) is 32.3 Å². The lowest BCUT2D eigenvalue weighted by Gasteiger charge is -2.19. The minimum Gasteiger partial charge on any atom is -0.371 e. The Hall–Kier alpha value is -1.22. The largest absolute Gasteiger partial charge is 0.371 e. The van der Waals surface area contributed by atoms with Gasteiger partial charge in [-0.3, -0.25) is 4.79 Å². The third kappa shape index (κ3) is 4.16. The van der Waals surface area contributed by atoms with Crippen LogP contribution < -0.4 is 10.2 Å². The maximum atomic E-state index is 12.0. The maximum absolute atomic E-state index is 12.0. The molecule has 1 N–H and O–H groups in total. The Morgan fingerprint density at radius 2 is 1.86 bits per heavy atom. The fraction of sp³-hybridized carbons (Fsp3) is 0.611. The fourth-order valence-electron chi connectivity index (χ4n) is 3.69. The van der Waals surface area contributed by atoms with Crippen LogP contribution in [0, 0.1) is 11.8 Å². The third-order valence-electron chi connectivity index (χ3n) is 5.01. The van der Waals surface area contributed by atoms with Crippen molar-refractivity contribution in [1.82, 2.24) is 5.32 Å². The van der Waals surface area contributed by atoms with E-state index in [-0.39, 0.29) is 5.91 Å². The summed E-state index contributed by atoms with van der Waals surface area (Å²) in [5, 5.41) is 3.92. The third-order valence-corrected chi connectivity index (χ3v) is 5.27. The molecular weight excluding hydrogens is 296 g/mol. The predicted molar refractivity (Wildman–Crippen MR) is 91.4 cm³/mol. The zero-order valence-corrected chi connectivity index (χ0v) is 13.8. The second-order valence-electron chi connectivity index (χ2n) is 6.74. The van der Waals surface area contributed by atoms with Crippen LogP contribution in [0.5, 0.6) is 0 Å². The first kappa shape index (κ1) is 15.7. The van der Waals surface area contributed by atoms with Crippen molar-refractivity contribution < 1.29 is 4.79 Å². The number of hydrogen-bond donors (Lipinski definition) is 1. The SMILES string of the molecule is O=C(CC1CCCC1)NCC1CCN(c2ccc(Cl)cc2)C1. The summed E-state index contributed by atoms with van der Waals surface area (Å²) in [6.45, 7) is 2.89. The molecular formula is C18H25ClN2O. The smallest absolute Gasteiger partial charge is 0.220 e. The summed E-state index contributed by atoms with van der Waals surface area (Å²) in [5.41, 5.74) is 1.23. The van der Waals surface area contributed by atoms with Gasteiger partial charge < -0.3 is 10.2 Å². The van der Waals surface area contributed by atoms with Crippen molar-refractivity contribution in [2.45, 2.75) is 38.5 Å². The van der Waals surface area contributed by atoms with Gasteiger partial charge in [-0.1, -0.05) is 24.4 Å². The minimum atomic E-state index is 0.247. The fourth-order valence-corrected chi connectivity index (χ4v) is 3.82. The van der Waals surface area contributed by atoms with Crippen LogP contribution >= 0.6 is 11.6 Å². The number of rotatable bonds is 5. The van der Waals surface area contributed by atoms with Crippen molar-refractivity contribution in [3.8, 4) is 0 Å². The van der Waals surface area contributed by atoms with Gasteiger partial charge in [-0.05, 0) is 55.4 Å². The van der Waals surface area contributed by atoms with E-state index in [1.807, 2.05) is 12.1 Å². The average Bonchev–Trinajstić information content (AvgIpc) is 3.17. The van der Waals surface area contributed by atoms with E-state index in [1.54, 1.807) is 0 Å². The highest BCUT2D eigenvalue weighted by Gasteiger charge is 2.24. The highest BCUT2D eigenvalue weighted by molar-refractivity contribution is 6.30. The first-order valence-corrected chi connectivity index (χ1v) is 8.86. The monoisotopic (exact) mass is 320 g/mol. The molecule has 4 heteroatoms. The van der Waals surface area contributed by atoms with Crippen LogP contribution in [0.4, 0.5) is 5.69 Å². The Morgan fingerprint density at radius 1 is 1.14 bits per heavy atom. The van der Waals surface area contributed by atoms with E-state index in [1.165, 1.54) is 31.4 Å². The molecule has 2 fully saturated rings. The van der Waals surface area contributed by atoms with Gasteiger partial charge in [0.25, 0.3) is 0 Å². The molecule has 0 spiro atoms. The molecule has 0 radical (unpaired) electrons. The van der Waals surface area contributed by atoms with E-state index in [4.69, 9.17) is 11.6 Å². The second kappa shape index (κ2) is 7.36. The maximum Gasteiger partial charge on any atom is 0.220 e. The normalized spacial score (nSPS) is 22.2. The number of carbonyl (C=O) groups is 1. The number of nitrogens with one attached hydrogen (secondary N) is 1. The Bertz CT molecular complexity index is 496. The van der Waals surface area contributed by atoms with Crippen molar-refractivity contribution >= 4 is 23.2 Å². The van der Waals surface area contributed by atoms with Gasteiger partial charge in [-0.15, -0.1) is 0 Å². The van der Waals surface area contributed by atoms with E-state index in [0.717, 1.165) is 37.5 Å².